The third kappa shape index (κ3) is 3.64. The molecule has 0 aliphatic rings. The van der Waals surface area contributed by atoms with Gasteiger partial charge in [-0.1, -0.05) is 35.5 Å². The fourth-order valence-corrected chi connectivity index (χ4v) is 3.03. The van der Waals surface area contributed by atoms with Crippen LogP contribution in [0, 0.1) is 0 Å². The third-order valence-electron chi connectivity index (χ3n) is 4.51. The van der Waals surface area contributed by atoms with Gasteiger partial charge < -0.3 is 13.8 Å². The maximum atomic E-state index is 12.9. The monoisotopic (exact) mass is 376 g/mol. The number of carbonyl (C=O) groups is 1. The number of fused-ring (bicyclic) bond motifs is 1. The van der Waals surface area contributed by atoms with Crippen LogP contribution in [0.5, 0.6) is 0 Å². The van der Waals surface area contributed by atoms with Gasteiger partial charge in [0.15, 0.2) is 5.58 Å². The van der Waals surface area contributed by atoms with E-state index in [4.69, 9.17) is 8.94 Å². The smallest absolute Gasteiger partial charge is 0.247 e. The Morgan fingerprint density at radius 2 is 1.79 bits per heavy atom. The van der Waals surface area contributed by atoms with Crippen molar-refractivity contribution >= 4 is 16.9 Å². The zero-order chi connectivity index (χ0) is 19.5. The van der Waals surface area contributed by atoms with Crippen molar-refractivity contribution < 1.29 is 13.7 Å². The van der Waals surface area contributed by atoms with E-state index in [1.54, 1.807) is 4.90 Å². The largest absolute Gasteiger partial charge is 0.419 e. The second kappa shape index (κ2) is 7.64. The van der Waals surface area contributed by atoms with Gasteiger partial charge in [0.2, 0.25) is 17.7 Å². The van der Waals surface area contributed by atoms with E-state index in [-0.39, 0.29) is 24.9 Å². The van der Waals surface area contributed by atoms with Gasteiger partial charge >= 0.3 is 0 Å². The van der Waals surface area contributed by atoms with Crippen LogP contribution in [0.25, 0.3) is 22.4 Å². The first-order chi connectivity index (χ1) is 13.6. The molecule has 0 fully saturated rings. The maximum absolute atomic E-state index is 12.9. The number of nitrogens with zero attached hydrogens (tertiary/aromatic N) is 4. The molecule has 4 aromatic rings. The predicted octanol–water partition coefficient (Wildman–Crippen LogP) is 3.86. The Balaban J connectivity index is 1.51. The van der Waals surface area contributed by atoms with E-state index < -0.39 is 0 Å². The van der Waals surface area contributed by atoms with Gasteiger partial charge in [-0.3, -0.25) is 4.79 Å². The number of hydrogen-bond donors (Lipinski definition) is 0. The molecular formula is C21H20N4O3. The molecule has 2 aromatic heterocycles. The fraction of sp³-hybridized carbons (Fsp3) is 0.238. The highest BCUT2D eigenvalue weighted by Gasteiger charge is 2.23. The third-order valence-corrected chi connectivity index (χ3v) is 4.51. The summed E-state index contributed by atoms with van der Waals surface area (Å²) in [7, 11) is 0. The van der Waals surface area contributed by atoms with E-state index >= 15 is 0 Å². The molecule has 0 saturated carbocycles. The van der Waals surface area contributed by atoms with E-state index in [0.29, 0.717) is 23.1 Å². The van der Waals surface area contributed by atoms with Crippen LogP contribution in [-0.4, -0.2) is 32.2 Å². The first-order valence-corrected chi connectivity index (χ1v) is 9.12. The standard InChI is InChI=1S/C21H20N4O3/c1-14(2)25(13-19-22-23-21(27-19)15-8-4-3-5-9-15)20(26)12-17-16-10-6-7-11-18(16)28-24-17/h3-11,14H,12-13H2,1-2H3. The molecule has 1 amide bonds. The highest BCUT2D eigenvalue weighted by Crippen LogP contribution is 2.21. The molecule has 0 atom stereocenters. The molecule has 0 aliphatic carbocycles. The predicted molar refractivity (Wildman–Crippen MR) is 103 cm³/mol. The second-order valence-electron chi connectivity index (χ2n) is 6.78. The van der Waals surface area contributed by atoms with E-state index in [9.17, 15) is 4.79 Å². The van der Waals surface area contributed by atoms with Gasteiger partial charge in [-0.2, -0.15) is 0 Å². The SMILES string of the molecule is CC(C)N(Cc1nnc(-c2ccccc2)o1)C(=O)Cc1noc2ccccc12. The zero-order valence-electron chi connectivity index (χ0n) is 15.7. The number of benzene rings is 2. The van der Waals surface area contributed by atoms with Crippen molar-refractivity contribution in [2.24, 2.45) is 0 Å². The van der Waals surface area contributed by atoms with Gasteiger partial charge in [-0.15, -0.1) is 10.2 Å². The minimum absolute atomic E-state index is 0.0299. The van der Waals surface area contributed by atoms with E-state index in [1.165, 1.54) is 0 Å². The first kappa shape index (κ1) is 17.9. The Bertz CT molecular complexity index is 1090. The molecule has 0 bridgehead atoms. The molecule has 4 rings (SSSR count). The molecule has 0 saturated heterocycles. The van der Waals surface area contributed by atoms with Crippen molar-refractivity contribution in [2.75, 3.05) is 0 Å². The number of carbonyl (C=O) groups excluding carboxylic acids is 1. The average molecular weight is 376 g/mol. The Labute approximate surface area is 162 Å². The van der Waals surface area contributed by atoms with E-state index in [2.05, 4.69) is 15.4 Å². The van der Waals surface area contributed by atoms with Crippen LogP contribution in [0.1, 0.15) is 25.4 Å². The summed E-state index contributed by atoms with van der Waals surface area (Å²) in [5.74, 6) is 0.758. The number of aromatic nitrogens is 3. The van der Waals surface area contributed by atoms with Gasteiger partial charge in [0.25, 0.3) is 0 Å². The Hall–Kier alpha value is -3.48. The normalized spacial score (nSPS) is 11.2. The average Bonchev–Trinajstić information content (AvgIpc) is 3.34. The molecule has 0 spiro atoms. The van der Waals surface area contributed by atoms with Crippen molar-refractivity contribution in [1.82, 2.24) is 20.3 Å². The van der Waals surface area contributed by atoms with Crippen LogP contribution < -0.4 is 0 Å². The van der Waals surface area contributed by atoms with Crippen molar-refractivity contribution in [3.8, 4) is 11.5 Å². The maximum Gasteiger partial charge on any atom is 0.247 e. The first-order valence-electron chi connectivity index (χ1n) is 9.12. The van der Waals surface area contributed by atoms with Crippen LogP contribution in [0.4, 0.5) is 0 Å². The molecule has 0 radical (unpaired) electrons. The summed E-state index contributed by atoms with van der Waals surface area (Å²) < 4.78 is 11.1. The summed E-state index contributed by atoms with van der Waals surface area (Å²) >= 11 is 0. The lowest BCUT2D eigenvalue weighted by Crippen LogP contribution is -2.37. The lowest BCUT2D eigenvalue weighted by molar-refractivity contribution is -0.133. The summed E-state index contributed by atoms with van der Waals surface area (Å²) in [5.41, 5.74) is 2.14. The van der Waals surface area contributed by atoms with Crippen LogP contribution in [0.2, 0.25) is 0 Å². The quantitative estimate of drug-likeness (QED) is 0.508. The second-order valence-corrected chi connectivity index (χ2v) is 6.78. The van der Waals surface area contributed by atoms with Gasteiger partial charge in [-0.05, 0) is 38.1 Å². The zero-order valence-corrected chi connectivity index (χ0v) is 15.7. The fourth-order valence-electron chi connectivity index (χ4n) is 3.03. The number of amides is 1. The molecule has 142 valence electrons. The van der Waals surface area contributed by atoms with Crippen LogP contribution in [0.15, 0.2) is 63.5 Å². The lowest BCUT2D eigenvalue weighted by atomic mass is 10.1. The molecule has 2 heterocycles. The Morgan fingerprint density at radius 3 is 2.57 bits per heavy atom. The number of rotatable bonds is 6. The minimum atomic E-state index is -0.0754. The van der Waals surface area contributed by atoms with E-state index in [1.807, 2.05) is 68.4 Å². The number of para-hydroxylation sites is 1. The van der Waals surface area contributed by atoms with Gasteiger partial charge in [0.1, 0.15) is 5.69 Å². The minimum Gasteiger partial charge on any atom is -0.419 e. The summed E-state index contributed by atoms with van der Waals surface area (Å²) in [6.07, 6.45) is 0.148. The van der Waals surface area contributed by atoms with Crippen molar-refractivity contribution in [1.29, 1.82) is 0 Å². The molecule has 28 heavy (non-hydrogen) atoms. The summed E-state index contributed by atoms with van der Waals surface area (Å²) in [5, 5.41) is 13.1. The lowest BCUT2D eigenvalue weighted by Gasteiger charge is -2.24. The van der Waals surface area contributed by atoms with Crippen molar-refractivity contribution in [2.45, 2.75) is 32.9 Å². The van der Waals surface area contributed by atoms with Crippen LogP contribution in [0.3, 0.4) is 0 Å². The van der Waals surface area contributed by atoms with Gasteiger partial charge in [0.05, 0.1) is 13.0 Å². The Kier molecular flexibility index (Phi) is 4.89. The topological polar surface area (TPSA) is 85.3 Å². The van der Waals surface area contributed by atoms with Crippen LogP contribution in [-0.2, 0) is 17.8 Å². The van der Waals surface area contributed by atoms with Crippen molar-refractivity contribution in [3.63, 3.8) is 0 Å². The summed E-state index contributed by atoms with van der Waals surface area (Å²) in [6.45, 7) is 4.15. The van der Waals surface area contributed by atoms with Gasteiger partial charge in [0, 0.05) is 17.0 Å². The number of hydrogen-bond acceptors (Lipinski definition) is 6. The van der Waals surface area contributed by atoms with Crippen LogP contribution >= 0.6 is 0 Å². The highest BCUT2D eigenvalue weighted by atomic mass is 16.5. The Morgan fingerprint density at radius 1 is 1.04 bits per heavy atom. The molecule has 0 unspecified atom stereocenters. The summed E-state index contributed by atoms with van der Waals surface area (Å²) in [6, 6.07) is 17.0. The van der Waals surface area contributed by atoms with Gasteiger partial charge in [-0.25, -0.2) is 0 Å². The summed E-state index contributed by atoms with van der Waals surface area (Å²) in [4.78, 5) is 14.6. The molecule has 2 aromatic carbocycles. The molecule has 0 aliphatic heterocycles. The van der Waals surface area contributed by atoms with E-state index in [0.717, 1.165) is 10.9 Å². The molecule has 7 heteroatoms. The molecule has 0 N–H and O–H groups in total. The highest BCUT2D eigenvalue weighted by molar-refractivity contribution is 5.86. The molecule has 7 nitrogen and oxygen atoms in total. The van der Waals surface area contributed by atoms with Crippen molar-refractivity contribution in [3.05, 3.63) is 66.2 Å². The molecular weight excluding hydrogens is 356 g/mol.